The van der Waals surface area contributed by atoms with Crippen molar-refractivity contribution in [2.75, 3.05) is 0 Å². The summed E-state index contributed by atoms with van der Waals surface area (Å²) in [7, 11) is 0. The zero-order valence-corrected chi connectivity index (χ0v) is 13.9. The predicted octanol–water partition coefficient (Wildman–Crippen LogP) is -7.92. The van der Waals surface area contributed by atoms with Gasteiger partial charge in [-0.2, -0.15) is 0 Å². The monoisotopic (exact) mass is 640 g/mol. The molecule has 0 spiro atoms. The molecule has 12 heteroatoms. The summed E-state index contributed by atoms with van der Waals surface area (Å²) < 4.78 is 0. The summed E-state index contributed by atoms with van der Waals surface area (Å²) in [6.45, 7) is 0. The summed E-state index contributed by atoms with van der Waals surface area (Å²) in [6.07, 6.45) is 0. The number of hydrogen-bond acceptors (Lipinski definition) is 8. The van der Waals surface area contributed by atoms with Crippen LogP contribution < -0.4 is 70.5 Å². The van der Waals surface area contributed by atoms with Gasteiger partial charge in [0.1, 0.15) is 0 Å². The van der Waals surface area contributed by atoms with Crippen molar-refractivity contribution in [1.29, 1.82) is 0 Å². The van der Waals surface area contributed by atoms with Crippen molar-refractivity contribution in [3.63, 3.8) is 0 Å². The normalized spacial score (nSPS) is 5.00. The minimum absolute atomic E-state index is 0. The first-order chi connectivity index (χ1) is 3.64. The molecule has 8 nitrogen and oxygen atoms in total. The minimum Gasteiger partial charge on any atom is -1.00 e. The second-order valence-corrected chi connectivity index (χ2v) is 1.32. The topological polar surface area (TPSA) is 220 Å². The van der Waals surface area contributed by atoms with Crippen LogP contribution in [-0.2, 0) is 42.1 Å². The van der Waals surface area contributed by atoms with Crippen molar-refractivity contribution < 1.29 is 77.2 Å². The van der Waals surface area contributed by atoms with Crippen LogP contribution in [0.2, 0.25) is 0 Å². The zero-order valence-electron chi connectivity index (χ0n) is 7.85. The van der Waals surface area contributed by atoms with Gasteiger partial charge in [-0.1, -0.05) is 11.5 Å². The van der Waals surface area contributed by atoms with Crippen LogP contribution in [0.1, 0.15) is 0 Å². The summed E-state index contributed by atoms with van der Waals surface area (Å²) in [5.41, 5.74) is -2.37. The maximum absolute atomic E-state index is 9.85. The molecule has 1 aromatic carbocycles. The second kappa shape index (κ2) is 20.8. The molecule has 0 heterocycles. The van der Waals surface area contributed by atoms with Gasteiger partial charge in [0.15, 0.2) is 0 Å². The van der Waals surface area contributed by atoms with E-state index in [0.717, 1.165) is 0 Å². The summed E-state index contributed by atoms with van der Waals surface area (Å²) in [5.74, 6) is -2.37. The first-order valence-corrected chi connectivity index (χ1v) is 1.82. The summed E-state index contributed by atoms with van der Waals surface area (Å²) in [5, 5.41) is 19.7. The predicted molar refractivity (Wildman–Crippen MR) is 40.3 cm³/mol. The van der Waals surface area contributed by atoms with E-state index in [1.807, 2.05) is 0 Å². The standard InChI is InChI=1S/C4H2O4.2ClH.4H3N.2Pt/c5-1-2(6)4(8)3(1)7;;;;;;;;/h5-6H;2*1H;4*1H3;;/q;;;;;;;2*+2/p-4. The Morgan fingerprint density at radius 1 is 0.625 bits per heavy atom. The molecule has 0 aliphatic rings. The molecule has 0 radical (unpaired) electrons. The second-order valence-electron chi connectivity index (χ2n) is 1.32. The maximum Gasteiger partial charge on any atom is 2.00 e. The molecule has 0 unspecified atom stereocenters. The van der Waals surface area contributed by atoms with Crippen molar-refractivity contribution in [2.45, 2.75) is 0 Å². The van der Waals surface area contributed by atoms with Crippen LogP contribution in [0.25, 0.3) is 0 Å². The van der Waals surface area contributed by atoms with E-state index in [9.17, 15) is 19.8 Å². The van der Waals surface area contributed by atoms with E-state index in [-0.39, 0.29) is 91.5 Å². The van der Waals surface area contributed by atoms with Crippen molar-refractivity contribution in [3.05, 3.63) is 20.4 Å². The molecule has 0 aliphatic carbocycles. The van der Waals surface area contributed by atoms with Crippen LogP contribution >= 0.6 is 0 Å². The van der Waals surface area contributed by atoms with Crippen LogP contribution in [-0.4, -0.2) is 0 Å². The molecular weight excluding hydrogens is 629 g/mol. The van der Waals surface area contributed by atoms with Gasteiger partial charge in [0.2, 0.25) is 10.9 Å². The molecular formula is C4H12Cl2N4O4Pt2. The van der Waals surface area contributed by atoms with Gasteiger partial charge in [-0.3, -0.25) is 9.59 Å². The third-order valence-electron chi connectivity index (χ3n) is 0.825. The molecule has 12 N–H and O–H groups in total. The van der Waals surface area contributed by atoms with Gasteiger partial charge in [0.25, 0.3) is 0 Å². The van der Waals surface area contributed by atoms with E-state index in [1.54, 1.807) is 0 Å². The Hall–Kier alpha value is 0.477. The van der Waals surface area contributed by atoms with Gasteiger partial charge in [-0.05, 0) is 0 Å². The molecule has 0 saturated heterocycles. The van der Waals surface area contributed by atoms with Gasteiger partial charge in [0.05, 0.1) is 0 Å². The first kappa shape index (κ1) is 54.9. The van der Waals surface area contributed by atoms with Gasteiger partial charge >= 0.3 is 42.1 Å². The first-order valence-electron chi connectivity index (χ1n) is 1.82. The smallest absolute Gasteiger partial charge is 1.00 e. The Labute approximate surface area is 133 Å². The number of halogens is 2. The molecule has 1 rings (SSSR count). The Kier molecular flexibility index (Phi) is 71.5. The Morgan fingerprint density at radius 2 is 0.750 bits per heavy atom. The molecule has 0 amide bonds. The molecule has 0 bridgehead atoms. The fraction of sp³-hybridized carbons (Fsp3) is 0. The minimum atomic E-state index is -1.19. The van der Waals surface area contributed by atoms with Gasteiger partial charge in [-0.25, -0.2) is 0 Å². The summed E-state index contributed by atoms with van der Waals surface area (Å²) in [4.78, 5) is 19.7. The Morgan fingerprint density at radius 3 is 0.812 bits per heavy atom. The largest absolute Gasteiger partial charge is 2.00 e. The number of rotatable bonds is 0. The van der Waals surface area contributed by atoms with Crippen molar-refractivity contribution in [1.82, 2.24) is 24.6 Å². The van der Waals surface area contributed by atoms with E-state index in [2.05, 4.69) is 0 Å². The molecule has 0 aromatic heterocycles. The Balaban J connectivity index is -0.0000000133. The average Bonchev–Trinajstić information content (AvgIpc) is 1.83. The van der Waals surface area contributed by atoms with Gasteiger partial charge in [0, 0.05) is 0 Å². The molecule has 106 valence electrons. The molecule has 0 fully saturated rings. The van der Waals surface area contributed by atoms with E-state index in [4.69, 9.17) is 0 Å². The van der Waals surface area contributed by atoms with Crippen molar-refractivity contribution in [2.24, 2.45) is 0 Å². The Bertz CT molecular complexity index is 276. The van der Waals surface area contributed by atoms with Gasteiger partial charge < -0.3 is 59.6 Å². The van der Waals surface area contributed by atoms with Crippen molar-refractivity contribution >= 4 is 0 Å². The van der Waals surface area contributed by atoms with Crippen LogP contribution in [0.15, 0.2) is 9.59 Å². The van der Waals surface area contributed by atoms with Crippen LogP contribution in [0, 0.1) is 0 Å². The quantitative estimate of drug-likeness (QED) is 0.199. The number of hydrogen-bond donors (Lipinski definition) is 4. The fourth-order valence-electron chi connectivity index (χ4n) is 0.350. The molecule has 0 atom stereocenters. The van der Waals surface area contributed by atoms with Gasteiger partial charge in [-0.15, -0.1) is 0 Å². The molecule has 16 heavy (non-hydrogen) atoms. The average molecular weight is 641 g/mol. The molecule has 0 saturated carbocycles. The molecule has 0 aliphatic heterocycles. The van der Waals surface area contributed by atoms with E-state index >= 15 is 0 Å². The summed E-state index contributed by atoms with van der Waals surface area (Å²) >= 11 is 0. The third-order valence-corrected chi connectivity index (χ3v) is 0.825. The van der Waals surface area contributed by atoms with E-state index in [1.165, 1.54) is 0 Å². The van der Waals surface area contributed by atoms with Crippen LogP contribution in [0.3, 0.4) is 0 Å². The van der Waals surface area contributed by atoms with Crippen LogP contribution in [0.4, 0.5) is 0 Å². The molecule has 1 aromatic rings. The van der Waals surface area contributed by atoms with Crippen LogP contribution in [0.5, 0.6) is 11.5 Å². The maximum atomic E-state index is 9.85. The van der Waals surface area contributed by atoms with E-state index in [0.29, 0.717) is 0 Å². The fourth-order valence-corrected chi connectivity index (χ4v) is 0.350. The zero-order chi connectivity index (χ0) is 6.31. The third kappa shape index (κ3) is 9.68. The van der Waals surface area contributed by atoms with Crippen molar-refractivity contribution in [3.8, 4) is 11.5 Å². The van der Waals surface area contributed by atoms with E-state index < -0.39 is 22.4 Å². The SMILES string of the molecule is N.N.N.N.O=c1c([O-])c([O-])c1=O.[Cl-].[Cl-].[Pt+2].[Pt+2]. The summed E-state index contributed by atoms with van der Waals surface area (Å²) in [6, 6.07) is 0.